The number of carbonyl (C=O) groups is 1. The van der Waals surface area contributed by atoms with E-state index in [1.807, 2.05) is 24.1 Å². The maximum Gasteiger partial charge on any atom is 0.323 e. The van der Waals surface area contributed by atoms with E-state index in [4.69, 9.17) is 0 Å². The van der Waals surface area contributed by atoms with Crippen molar-refractivity contribution in [2.24, 2.45) is 0 Å². The van der Waals surface area contributed by atoms with E-state index in [0.29, 0.717) is 0 Å². The van der Waals surface area contributed by atoms with Crippen molar-refractivity contribution < 1.29 is 9.90 Å². The number of carboxylic acid groups (broad SMARTS) is 1. The lowest BCUT2D eigenvalue weighted by Gasteiger charge is -2.36. The molecule has 0 bridgehead atoms. The van der Waals surface area contributed by atoms with Crippen LogP contribution >= 0.6 is 15.9 Å². The molecule has 0 radical (unpaired) electrons. The Morgan fingerprint density at radius 2 is 2.17 bits per heavy atom. The molecule has 0 aromatic heterocycles. The van der Waals surface area contributed by atoms with Gasteiger partial charge >= 0.3 is 5.97 Å². The van der Waals surface area contributed by atoms with Crippen molar-refractivity contribution in [2.75, 3.05) is 7.05 Å². The van der Waals surface area contributed by atoms with Gasteiger partial charge in [0, 0.05) is 10.5 Å². The van der Waals surface area contributed by atoms with Gasteiger partial charge in [-0.2, -0.15) is 0 Å². The minimum absolute atomic E-state index is 0.184. The average Bonchev–Trinajstić information content (AvgIpc) is 2.73. The largest absolute Gasteiger partial charge is 0.480 e. The molecule has 1 aromatic rings. The second-order valence-corrected chi connectivity index (χ2v) is 6.19. The van der Waals surface area contributed by atoms with Crippen LogP contribution in [0.2, 0.25) is 0 Å². The topological polar surface area (TPSA) is 40.5 Å². The molecular weight excluding hydrogens is 294 g/mol. The summed E-state index contributed by atoms with van der Waals surface area (Å²) >= 11 is 3.57. The number of nitrogens with zero attached hydrogens (tertiary/aromatic N) is 1. The van der Waals surface area contributed by atoms with E-state index in [-0.39, 0.29) is 6.04 Å². The molecule has 98 valence electrons. The lowest BCUT2D eigenvalue weighted by molar-refractivity contribution is -0.150. The molecule has 0 saturated carbocycles. The molecular formula is C14H18BrNO2. The Bertz CT molecular complexity index is 485. The minimum Gasteiger partial charge on any atom is -0.480 e. The van der Waals surface area contributed by atoms with Crippen LogP contribution < -0.4 is 0 Å². The second-order valence-electron chi connectivity index (χ2n) is 5.34. The quantitative estimate of drug-likeness (QED) is 0.931. The van der Waals surface area contributed by atoms with Gasteiger partial charge in [-0.05, 0) is 50.9 Å². The summed E-state index contributed by atoms with van der Waals surface area (Å²) in [6.07, 6.45) is 1.98. The molecule has 1 aliphatic carbocycles. The van der Waals surface area contributed by atoms with Crippen molar-refractivity contribution in [3.63, 3.8) is 0 Å². The standard InChI is InChI=1S/C14H18BrNO2/c1-14(2,13(17)18)16(3)12-8-7-9-10(12)5-4-6-11(9)15/h4-6,12H,7-8H2,1-3H3,(H,17,18). The smallest absolute Gasteiger partial charge is 0.323 e. The molecule has 3 nitrogen and oxygen atoms in total. The first kappa shape index (κ1) is 13.6. The number of halogens is 1. The van der Waals surface area contributed by atoms with E-state index in [1.54, 1.807) is 13.8 Å². The fraction of sp³-hybridized carbons (Fsp3) is 0.500. The molecule has 0 aliphatic heterocycles. The summed E-state index contributed by atoms with van der Waals surface area (Å²) in [5.74, 6) is -0.784. The summed E-state index contributed by atoms with van der Waals surface area (Å²) in [7, 11) is 1.90. The van der Waals surface area contributed by atoms with Gasteiger partial charge in [0.2, 0.25) is 0 Å². The molecule has 4 heteroatoms. The molecule has 1 aromatic carbocycles. The Balaban J connectivity index is 2.35. The summed E-state index contributed by atoms with van der Waals surface area (Å²) in [6, 6.07) is 6.35. The van der Waals surface area contributed by atoms with Gasteiger partial charge in [-0.15, -0.1) is 0 Å². The maximum absolute atomic E-state index is 11.3. The van der Waals surface area contributed by atoms with Crippen LogP contribution in [-0.2, 0) is 11.2 Å². The molecule has 1 unspecified atom stereocenters. The first-order valence-electron chi connectivity index (χ1n) is 6.09. The molecule has 1 atom stereocenters. The summed E-state index contributed by atoms with van der Waals surface area (Å²) in [5.41, 5.74) is 1.71. The Kier molecular flexibility index (Phi) is 3.52. The zero-order valence-electron chi connectivity index (χ0n) is 10.9. The number of carboxylic acids is 1. The minimum atomic E-state index is -0.853. The highest BCUT2D eigenvalue weighted by Gasteiger charge is 2.39. The zero-order valence-corrected chi connectivity index (χ0v) is 12.5. The number of likely N-dealkylation sites (N-methyl/N-ethyl adjacent to an activating group) is 1. The van der Waals surface area contributed by atoms with E-state index in [2.05, 4.69) is 22.0 Å². The molecule has 1 N–H and O–H groups in total. The molecule has 1 aliphatic rings. The fourth-order valence-corrected chi connectivity index (χ4v) is 3.11. The van der Waals surface area contributed by atoms with Crippen molar-refractivity contribution in [3.8, 4) is 0 Å². The predicted octanol–water partition coefficient (Wildman–Crippen LogP) is 3.23. The van der Waals surface area contributed by atoms with Crippen LogP contribution in [0.4, 0.5) is 0 Å². The van der Waals surface area contributed by atoms with Crippen LogP contribution in [0.15, 0.2) is 22.7 Å². The van der Waals surface area contributed by atoms with E-state index < -0.39 is 11.5 Å². The molecule has 0 heterocycles. The van der Waals surface area contributed by atoms with Gasteiger partial charge in [0.1, 0.15) is 5.54 Å². The molecule has 18 heavy (non-hydrogen) atoms. The van der Waals surface area contributed by atoms with Crippen LogP contribution in [0.1, 0.15) is 37.4 Å². The molecule has 2 rings (SSSR count). The van der Waals surface area contributed by atoms with Gasteiger partial charge in [0.25, 0.3) is 0 Å². The number of rotatable bonds is 3. The van der Waals surface area contributed by atoms with Gasteiger partial charge in [-0.1, -0.05) is 28.1 Å². The van der Waals surface area contributed by atoms with E-state index >= 15 is 0 Å². The fourth-order valence-electron chi connectivity index (χ4n) is 2.53. The molecule has 0 fully saturated rings. The van der Waals surface area contributed by atoms with Crippen LogP contribution in [0, 0.1) is 0 Å². The van der Waals surface area contributed by atoms with Crippen molar-refractivity contribution >= 4 is 21.9 Å². The normalized spacial score (nSPS) is 19.1. The van der Waals surface area contributed by atoms with Crippen molar-refractivity contribution in [1.29, 1.82) is 0 Å². The third kappa shape index (κ3) is 2.08. The van der Waals surface area contributed by atoms with Gasteiger partial charge in [-0.3, -0.25) is 9.69 Å². The van der Waals surface area contributed by atoms with Gasteiger partial charge in [-0.25, -0.2) is 0 Å². The number of hydrogen-bond donors (Lipinski definition) is 1. The summed E-state index contributed by atoms with van der Waals surface area (Å²) in [4.78, 5) is 13.3. The summed E-state index contributed by atoms with van der Waals surface area (Å²) in [5, 5.41) is 9.32. The van der Waals surface area contributed by atoms with Gasteiger partial charge in [0.15, 0.2) is 0 Å². The Hall–Kier alpha value is -0.870. The van der Waals surface area contributed by atoms with Gasteiger partial charge < -0.3 is 5.11 Å². The number of fused-ring (bicyclic) bond motifs is 1. The lowest BCUT2D eigenvalue weighted by atomic mass is 9.98. The maximum atomic E-state index is 11.3. The SMILES string of the molecule is CN(C1CCc2c(Br)cccc21)C(C)(C)C(=O)O. The highest BCUT2D eigenvalue weighted by molar-refractivity contribution is 9.10. The lowest BCUT2D eigenvalue weighted by Crippen LogP contribution is -2.49. The van der Waals surface area contributed by atoms with Crippen LogP contribution in [0.3, 0.4) is 0 Å². The third-order valence-electron chi connectivity index (χ3n) is 4.05. The first-order valence-corrected chi connectivity index (χ1v) is 6.88. The monoisotopic (exact) mass is 311 g/mol. The Labute approximate surface area is 116 Å². The van der Waals surface area contributed by atoms with E-state index in [1.165, 1.54) is 11.1 Å². The van der Waals surface area contributed by atoms with Crippen molar-refractivity contribution in [2.45, 2.75) is 38.3 Å². The van der Waals surface area contributed by atoms with E-state index in [9.17, 15) is 9.90 Å². The van der Waals surface area contributed by atoms with Crippen molar-refractivity contribution in [3.05, 3.63) is 33.8 Å². The van der Waals surface area contributed by atoms with E-state index in [0.717, 1.165) is 17.3 Å². The molecule has 0 saturated heterocycles. The summed E-state index contributed by atoms with van der Waals surface area (Å²) in [6.45, 7) is 3.51. The van der Waals surface area contributed by atoms with Gasteiger partial charge in [0.05, 0.1) is 0 Å². The highest BCUT2D eigenvalue weighted by Crippen LogP contribution is 2.40. The summed E-state index contributed by atoms with van der Waals surface area (Å²) < 4.78 is 1.13. The molecule has 0 amide bonds. The van der Waals surface area contributed by atoms with Crippen LogP contribution in [0.5, 0.6) is 0 Å². The first-order chi connectivity index (χ1) is 8.35. The highest BCUT2D eigenvalue weighted by atomic mass is 79.9. The van der Waals surface area contributed by atoms with Crippen LogP contribution in [-0.4, -0.2) is 28.6 Å². The second kappa shape index (κ2) is 4.67. The Morgan fingerprint density at radius 3 is 2.78 bits per heavy atom. The zero-order chi connectivity index (χ0) is 13.5. The number of aliphatic carboxylic acids is 1. The van der Waals surface area contributed by atoms with Crippen molar-refractivity contribution in [1.82, 2.24) is 4.90 Å². The Morgan fingerprint density at radius 1 is 1.50 bits per heavy atom. The number of hydrogen-bond acceptors (Lipinski definition) is 2. The third-order valence-corrected chi connectivity index (χ3v) is 4.80. The average molecular weight is 312 g/mol. The predicted molar refractivity (Wildman–Crippen MR) is 74.7 cm³/mol. The number of benzene rings is 1. The molecule has 0 spiro atoms. The van der Waals surface area contributed by atoms with Crippen LogP contribution in [0.25, 0.3) is 0 Å².